The molecule has 4 heteroatoms. The SMILES string of the molecule is CC(C)N1CCC2(CC1)CC(NCc1ccco1)c1ccccc1O2. The molecule has 0 amide bonds. The van der Waals surface area contributed by atoms with Crippen LogP contribution in [0.25, 0.3) is 0 Å². The summed E-state index contributed by atoms with van der Waals surface area (Å²) in [5.41, 5.74) is 1.23. The maximum atomic E-state index is 6.57. The van der Waals surface area contributed by atoms with Crippen molar-refractivity contribution in [2.75, 3.05) is 13.1 Å². The highest BCUT2D eigenvalue weighted by Gasteiger charge is 2.43. The monoisotopic (exact) mass is 340 g/mol. The first-order chi connectivity index (χ1) is 12.2. The lowest BCUT2D eigenvalue weighted by Crippen LogP contribution is -2.53. The number of benzene rings is 1. The van der Waals surface area contributed by atoms with Crippen LogP contribution < -0.4 is 10.1 Å². The van der Waals surface area contributed by atoms with Crippen molar-refractivity contribution in [1.29, 1.82) is 0 Å². The van der Waals surface area contributed by atoms with E-state index in [1.807, 2.05) is 12.1 Å². The summed E-state index contributed by atoms with van der Waals surface area (Å²) < 4.78 is 12.1. The number of nitrogens with one attached hydrogen (secondary N) is 1. The number of nitrogens with zero attached hydrogens (tertiary/aromatic N) is 1. The van der Waals surface area contributed by atoms with Crippen LogP contribution in [0.1, 0.15) is 50.5 Å². The number of para-hydroxylation sites is 1. The van der Waals surface area contributed by atoms with Crippen molar-refractivity contribution in [3.63, 3.8) is 0 Å². The van der Waals surface area contributed by atoms with E-state index in [9.17, 15) is 0 Å². The molecule has 1 atom stereocenters. The van der Waals surface area contributed by atoms with Crippen molar-refractivity contribution >= 4 is 0 Å². The molecule has 1 fully saturated rings. The Morgan fingerprint density at radius 1 is 1.16 bits per heavy atom. The minimum atomic E-state index is -0.0411. The molecule has 2 aliphatic rings. The molecule has 25 heavy (non-hydrogen) atoms. The standard InChI is InChI=1S/C21H28N2O2/c1-16(2)23-11-9-21(10-12-23)14-19(22-15-17-6-5-13-24-17)18-7-3-4-8-20(18)25-21/h3-8,13,16,19,22H,9-12,14-15H2,1-2H3. The Kier molecular flexibility index (Phi) is 4.57. The minimum absolute atomic E-state index is 0.0411. The second-order valence-corrected chi connectivity index (χ2v) is 7.67. The first-order valence-electron chi connectivity index (χ1n) is 9.43. The summed E-state index contributed by atoms with van der Waals surface area (Å²) >= 11 is 0. The van der Waals surface area contributed by atoms with E-state index in [-0.39, 0.29) is 5.60 Å². The number of hydrogen-bond acceptors (Lipinski definition) is 4. The van der Waals surface area contributed by atoms with E-state index in [4.69, 9.17) is 9.15 Å². The molecule has 1 aromatic heterocycles. The number of hydrogen-bond donors (Lipinski definition) is 1. The molecule has 4 rings (SSSR count). The lowest BCUT2D eigenvalue weighted by molar-refractivity contribution is -0.0316. The van der Waals surface area contributed by atoms with Gasteiger partial charge in [-0.2, -0.15) is 0 Å². The Labute approximate surface area is 150 Å². The van der Waals surface area contributed by atoms with E-state index >= 15 is 0 Å². The van der Waals surface area contributed by atoms with Crippen LogP contribution in [-0.2, 0) is 6.54 Å². The average Bonchev–Trinajstić information content (AvgIpc) is 3.13. The van der Waals surface area contributed by atoms with Crippen LogP contribution in [0.4, 0.5) is 0 Å². The number of fused-ring (bicyclic) bond motifs is 1. The Morgan fingerprint density at radius 3 is 2.68 bits per heavy atom. The lowest BCUT2D eigenvalue weighted by atomic mass is 9.80. The fourth-order valence-corrected chi connectivity index (χ4v) is 4.19. The molecule has 2 aromatic rings. The topological polar surface area (TPSA) is 37.6 Å². The van der Waals surface area contributed by atoms with Crippen molar-refractivity contribution in [2.24, 2.45) is 0 Å². The predicted molar refractivity (Wildman–Crippen MR) is 98.6 cm³/mol. The third kappa shape index (κ3) is 3.46. The normalized spacial score (nSPS) is 22.8. The molecular weight excluding hydrogens is 312 g/mol. The molecule has 0 bridgehead atoms. The zero-order chi connectivity index (χ0) is 17.3. The van der Waals surface area contributed by atoms with E-state index in [1.165, 1.54) is 5.56 Å². The number of ether oxygens (including phenoxy) is 1. The summed E-state index contributed by atoms with van der Waals surface area (Å²) in [6.45, 7) is 7.54. The molecule has 0 saturated carbocycles. The maximum absolute atomic E-state index is 6.57. The Hall–Kier alpha value is -1.78. The zero-order valence-electron chi connectivity index (χ0n) is 15.2. The van der Waals surface area contributed by atoms with Crippen molar-refractivity contribution in [1.82, 2.24) is 10.2 Å². The highest BCUT2D eigenvalue weighted by atomic mass is 16.5. The molecule has 3 heterocycles. The van der Waals surface area contributed by atoms with E-state index in [0.29, 0.717) is 12.1 Å². The molecular formula is C21H28N2O2. The average molecular weight is 340 g/mol. The Balaban J connectivity index is 1.52. The van der Waals surface area contributed by atoms with Crippen molar-refractivity contribution in [2.45, 2.75) is 57.3 Å². The summed E-state index contributed by atoms with van der Waals surface area (Å²) in [5.74, 6) is 2.02. The fourth-order valence-electron chi connectivity index (χ4n) is 4.19. The summed E-state index contributed by atoms with van der Waals surface area (Å²) in [7, 11) is 0. The first kappa shape index (κ1) is 16.7. The molecule has 0 radical (unpaired) electrons. The summed E-state index contributed by atoms with van der Waals surface area (Å²) in [5, 5.41) is 3.70. The van der Waals surface area contributed by atoms with Crippen molar-refractivity contribution < 1.29 is 9.15 Å². The van der Waals surface area contributed by atoms with Crippen LogP contribution in [0.15, 0.2) is 47.1 Å². The van der Waals surface area contributed by atoms with Gasteiger partial charge in [0.25, 0.3) is 0 Å². The maximum Gasteiger partial charge on any atom is 0.124 e. The summed E-state index contributed by atoms with van der Waals surface area (Å²) in [6.07, 6.45) is 4.95. The third-order valence-corrected chi connectivity index (χ3v) is 5.74. The van der Waals surface area contributed by atoms with E-state index < -0.39 is 0 Å². The van der Waals surface area contributed by atoms with Gasteiger partial charge < -0.3 is 19.4 Å². The second-order valence-electron chi connectivity index (χ2n) is 7.67. The van der Waals surface area contributed by atoms with Crippen LogP contribution >= 0.6 is 0 Å². The minimum Gasteiger partial charge on any atom is -0.487 e. The van der Waals surface area contributed by atoms with Gasteiger partial charge in [0.15, 0.2) is 0 Å². The van der Waals surface area contributed by atoms with Gasteiger partial charge in [0, 0.05) is 37.2 Å². The van der Waals surface area contributed by atoms with Gasteiger partial charge in [-0.05, 0) is 44.9 Å². The highest BCUT2D eigenvalue weighted by Crippen LogP contribution is 2.44. The molecule has 1 saturated heterocycles. The number of furan rings is 1. The van der Waals surface area contributed by atoms with Crippen LogP contribution in [0.2, 0.25) is 0 Å². The first-order valence-corrected chi connectivity index (χ1v) is 9.43. The van der Waals surface area contributed by atoms with Gasteiger partial charge in [-0.25, -0.2) is 0 Å². The smallest absolute Gasteiger partial charge is 0.124 e. The summed E-state index contributed by atoms with van der Waals surface area (Å²) in [6, 6.07) is 13.4. The summed E-state index contributed by atoms with van der Waals surface area (Å²) in [4.78, 5) is 2.56. The number of likely N-dealkylation sites (tertiary alicyclic amines) is 1. The van der Waals surface area contributed by atoms with Crippen LogP contribution in [-0.4, -0.2) is 29.6 Å². The molecule has 1 aromatic carbocycles. The molecule has 1 N–H and O–H groups in total. The highest BCUT2D eigenvalue weighted by molar-refractivity contribution is 5.39. The van der Waals surface area contributed by atoms with Crippen molar-refractivity contribution in [3.8, 4) is 5.75 Å². The largest absolute Gasteiger partial charge is 0.487 e. The van der Waals surface area contributed by atoms with Gasteiger partial charge in [-0.15, -0.1) is 0 Å². The van der Waals surface area contributed by atoms with Gasteiger partial charge in [-0.3, -0.25) is 0 Å². The Morgan fingerprint density at radius 2 is 1.96 bits per heavy atom. The second kappa shape index (κ2) is 6.85. The van der Waals surface area contributed by atoms with E-state index in [1.54, 1.807) is 6.26 Å². The van der Waals surface area contributed by atoms with Gasteiger partial charge in [0.1, 0.15) is 17.1 Å². The molecule has 2 aliphatic heterocycles. The van der Waals surface area contributed by atoms with Crippen LogP contribution in [0.3, 0.4) is 0 Å². The van der Waals surface area contributed by atoms with Gasteiger partial charge >= 0.3 is 0 Å². The van der Waals surface area contributed by atoms with E-state index in [2.05, 4.69) is 48.3 Å². The molecule has 4 nitrogen and oxygen atoms in total. The zero-order valence-corrected chi connectivity index (χ0v) is 15.2. The van der Waals surface area contributed by atoms with Crippen molar-refractivity contribution in [3.05, 3.63) is 54.0 Å². The van der Waals surface area contributed by atoms with Crippen LogP contribution in [0.5, 0.6) is 5.75 Å². The lowest BCUT2D eigenvalue weighted by Gasteiger charge is -2.47. The van der Waals surface area contributed by atoms with Gasteiger partial charge in [0.2, 0.25) is 0 Å². The molecule has 1 spiro atoms. The predicted octanol–water partition coefficient (Wildman–Crippen LogP) is 4.14. The Bertz CT molecular complexity index is 688. The fraction of sp³-hybridized carbons (Fsp3) is 0.524. The van der Waals surface area contributed by atoms with Gasteiger partial charge in [0.05, 0.1) is 12.8 Å². The number of piperidine rings is 1. The quantitative estimate of drug-likeness (QED) is 0.908. The van der Waals surface area contributed by atoms with Gasteiger partial charge in [-0.1, -0.05) is 18.2 Å². The molecule has 0 aliphatic carbocycles. The third-order valence-electron chi connectivity index (χ3n) is 5.74. The van der Waals surface area contributed by atoms with E-state index in [0.717, 1.165) is 50.4 Å². The number of rotatable bonds is 4. The molecule has 134 valence electrons. The van der Waals surface area contributed by atoms with Crippen LogP contribution in [0, 0.1) is 0 Å². The molecule has 1 unspecified atom stereocenters.